The van der Waals surface area contributed by atoms with Crippen LogP contribution < -0.4 is 5.32 Å². The molecule has 7 heteroatoms. The second kappa shape index (κ2) is 8.51. The summed E-state index contributed by atoms with van der Waals surface area (Å²) in [5.41, 5.74) is 1.33. The Balaban J connectivity index is 1.77. The van der Waals surface area contributed by atoms with Crippen molar-refractivity contribution in [2.45, 2.75) is 37.1 Å². The minimum atomic E-state index is -3.53. The molecule has 1 saturated heterocycles. The van der Waals surface area contributed by atoms with Gasteiger partial charge in [-0.25, -0.2) is 12.8 Å². The molecular formula is C20H22FN3O2S. The van der Waals surface area contributed by atoms with Crippen LogP contribution in [0.5, 0.6) is 0 Å². The van der Waals surface area contributed by atoms with Crippen molar-refractivity contribution in [2.75, 3.05) is 18.4 Å². The molecule has 0 unspecified atom stereocenters. The van der Waals surface area contributed by atoms with Gasteiger partial charge >= 0.3 is 0 Å². The predicted octanol–water partition coefficient (Wildman–Crippen LogP) is 3.87. The molecule has 0 aromatic heterocycles. The lowest BCUT2D eigenvalue weighted by atomic mass is 10.1. The third kappa shape index (κ3) is 4.65. The average molecular weight is 387 g/mol. The smallest absolute Gasteiger partial charge is 0.243 e. The highest BCUT2D eigenvalue weighted by Crippen LogP contribution is 2.23. The van der Waals surface area contributed by atoms with Crippen LogP contribution >= 0.6 is 0 Å². The van der Waals surface area contributed by atoms with Crippen LogP contribution in [-0.4, -0.2) is 25.8 Å². The summed E-state index contributed by atoms with van der Waals surface area (Å²) < 4.78 is 41.3. The van der Waals surface area contributed by atoms with E-state index in [9.17, 15) is 12.8 Å². The Labute approximate surface area is 159 Å². The summed E-state index contributed by atoms with van der Waals surface area (Å²) in [6, 6.07) is 12.7. The molecule has 0 aliphatic carbocycles. The highest BCUT2D eigenvalue weighted by molar-refractivity contribution is 7.89. The maximum atomic E-state index is 13.9. The zero-order valence-corrected chi connectivity index (χ0v) is 15.8. The van der Waals surface area contributed by atoms with E-state index in [1.54, 1.807) is 28.6 Å². The molecule has 2 aromatic rings. The molecule has 1 aliphatic rings. The van der Waals surface area contributed by atoms with Gasteiger partial charge in [0.1, 0.15) is 5.82 Å². The van der Waals surface area contributed by atoms with Gasteiger partial charge in [-0.1, -0.05) is 18.9 Å². The second-order valence-electron chi connectivity index (χ2n) is 6.62. The number of anilines is 1. The van der Waals surface area contributed by atoms with Gasteiger partial charge in [0, 0.05) is 30.9 Å². The van der Waals surface area contributed by atoms with E-state index in [4.69, 9.17) is 5.26 Å². The summed E-state index contributed by atoms with van der Waals surface area (Å²) in [6.45, 7) is 1.26. The summed E-state index contributed by atoms with van der Waals surface area (Å²) in [7, 11) is -3.53. The number of sulfonamides is 1. The fraction of sp³-hybridized carbons (Fsp3) is 0.350. The van der Waals surface area contributed by atoms with E-state index in [-0.39, 0.29) is 11.4 Å². The molecule has 3 rings (SSSR count). The SMILES string of the molecule is N#Cc1ccc(F)c(CNc2cccc(S(=O)(=O)N3CCCCCC3)c2)c1. The molecule has 0 saturated carbocycles. The summed E-state index contributed by atoms with van der Waals surface area (Å²) in [5, 5.41) is 12.0. The number of halogens is 1. The minimum Gasteiger partial charge on any atom is -0.381 e. The Hall–Kier alpha value is -2.43. The molecular weight excluding hydrogens is 365 g/mol. The third-order valence-electron chi connectivity index (χ3n) is 4.69. The molecule has 0 atom stereocenters. The highest BCUT2D eigenvalue weighted by atomic mass is 32.2. The fourth-order valence-corrected chi connectivity index (χ4v) is 4.74. The largest absolute Gasteiger partial charge is 0.381 e. The van der Waals surface area contributed by atoms with E-state index in [0.717, 1.165) is 25.7 Å². The maximum Gasteiger partial charge on any atom is 0.243 e. The molecule has 0 amide bonds. The third-order valence-corrected chi connectivity index (χ3v) is 6.59. The molecule has 2 aromatic carbocycles. The Morgan fingerprint density at radius 2 is 1.81 bits per heavy atom. The fourth-order valence-electron chi connectivity index (χ4n) is 3.17. The van der Waals surface area contributed by atoms with Gasteiger partial charge in [-0.3, -0.25) is 0 Å². The highest BCUT2D eigenvalue weighted by Gasteiger charge is 2.25. The standard InChI is InChI=1S/C20H22FN3O2S/c21-20-9-8-16(14-22)12-17(20)15-23-18-6-5-7-19(13-18)27(25,26)24-10-3-1-2-4-11-24/h5-9,12-13,23H,1-4,10-11,15H2. The van der Waals surface area contributed by atoms with Crippen LogP contribution in [-0.2, 0) is 16.6 Å². The summed E-state index contributed by atoms with van der Waals surface area (Å²) in [5.74, 6) is -0.408. The number of hydrogen-bond acceptors (Lipinski definition) is 4. The quantitative estimate of drug-likeness (QED) is 0.845. The van der Waals surface area contributed by atoms with Crippen LogP contribution in [0.15, 0.2) is 47.4 Å². The van der Waals surface area contributed by atoms with E-state index >= 15 is 0 Å². The minimum absolute atomic E-state index is 0.161. The molecule has 1 fully saturated rings. The van der Waals surface area contributed by atoms with Crippen molar-refractivity contribution < 1.29 is 12.8 Å². The Morgan fingerprint density at radius 1 is 1.07 bits per heavy atom. The van der Waals surface area contributed by atoms with Gasteiger partial charge in [0.05, 0.1) is 16.5 Å². The first-order valence-corrected chi connectivity index (χ1v) is 10.5. The number of nitrogens with one attached hydrogen (secondary N) is 1. The van der Waals surface area contributed by atoms with E-state index in [1.807, 2.05) is 6.07 Å². The number of nitriles is 1. The zero-order valence-electron chi connectivity index (χ0n) is 15.0. The van der Waals surface area contributed by atoms with Crippen molar-refractivity contribution in [1.82, 2.24) is 4.31 Å². The zero-order chi connectivity index (χ0) is 19.3. The van der Waals surface area contributed by atoms with Gasteiger partial charge in [-0.2, -0.15) is 9.57 Å². The van der Waals surface area contributed by atoms with Gasteiger partial charge in [0.2, 0.25) is 10.0 Å². The van der Waals surface area contributed by atoms with Crippen LogP contribution in [0.25, 0.3) is 0 Å². The lowest BCUT2D eigenvalue weighted by Crippen LogP contribution is -2.31. The van der Waals surface area contributed by atoms with E-state index in [0.29, 0.717) is 29.9 Å². The summed E-state index contributed by atoms with van der Waals surface area (Å²) >= 11 is 0. The van der Waals surface area contributed by atoms with Crippen LogP contribution in [0.1, 0.15) is 36.8 Å². The van der Waals surface area contributed by atoms with Crippen LogP contribution in [0.4, 0.5) is 10.1 Å². The molecule has 5 nitrogen and oxygen atoms in total. The van der Waals surface area contributed by atoms with Crippen LogP contribution in [0, 0.1) is 17.1 Å². The van der Waals surface area contributed by atoms with Gasteiger partial charge in [0.25, 0.3) is 0 Å². The number of rotatable bonds is 5. The second-order valence-corrected chi connectivity index (χ2v) is 8.56. The molecule has 0 radical (unpaired) electrons. The monoisotopic (exact) mass is 387 g/mol. The summed E-state index contributed by atoms with van der Waals surface area (Å²) in [6.07, 6.45) is 3.87. The number of nitrogens with zero attached hydrogens (tertiary/aromatic N) is 2. The Bertz CT molecular complexity index is 946. The van der Waals surface area contributed by atoms with Crippen molar-refractivity contribution >= 4 is 15.7 Å². The number of benzene rings is 2. The first-order valence-electron chi connectivity index (χ1n) is 9.03. The van der Waals surface area contributed by atoms with Gasteiger partial charge in [-0.05, 0) is 49.2 Å². The topological polar surface area (TPSA) is 73.2 Å². The van der Waals surface area contributed by atoms with Crippen LogP contribution in [0.3, 0.4) is 0 Å². The summed E-state index contributed by atoms with van der Waals surface area (Å²) in [4.78, 5) is 0.237. The normalized spacial score (nSPS) is 15.7. The Kier molecular flexibility index (Phi) is 6.09. The van der Waals surface area contributed by atoms with Gasteiger partial charge in [-0.15, -0.1) is 0 Å². The van der Waals surface area contributed by atoms with Gasteiger partial charge in [0.15, 0.2) is 0 Å². The van der Waals surface area contributed by atoms with Gasteiger partial charge < -0.3 is 5.32 Å². The van der Waals surface area contributed by atoms with Crippen molar-refractivity contribution in [3.8, 4) is 6.07 Å². The number of hydrogen-bond donors (Lipinski definition) is 1. The molecule has 27 heavy (non-hydrogen) atoms. The molecule has 0 spiro atoms. The molecule has 1 aliphatic heterocycles. The first-order chi connectivity index (χ1) is 13.0. The van der Waals surface area contributed by atoms with Crippen molar-refractivity contribution in [3.05, 3.63) is 59.4 Å². The molecule has 142 valence electrons. The average Bonchev–Trinajstić information content (AvgIpc) is 2.98. The lowest BCUT2D eigenvalue weighted by molar-refractivity contribution is 0.424. The maximum absolute atomic E-state index is 13.9. The van der Waals surface area contributed by atoms with Crippen molar-refractivity contribution in [1.29, 1.82) is 5.26 Å². The van der Waals surface area contributed by atoms with Crippen molar-refractivity contribution in [2.24, 2.45) is 0 Å². The molecule has 1 heterocycles. The van der Waals surface area contributed by atoms with Crippen LogP contribution in [0.2, 0.25) is 0 Å². The Morgan fingerprint density at radius 3 is 2.52 bits per heavy atom. The predicted molar refractivity (Wildman–Crippen MR) is 102 cm³/mol. The van der Waals surface area contributed by atoms with E-state index < -0.39 is 15.8 Å². The first kappa shape index (κ1) is 19.3. The lowest BCUT2D eigenvalue weighted by Gasteiger charge is -2.20. The van der Waals surface area contributed by atoms with E-state index in [1.165, 1.54) is 18.2 Å². The van der Waals surface area contributed by atoms with E-state index in [2.05, 4.69) is 5.32 Å². The molecule has 0 bridgehead atoms. The van der Waals surface area contributed by atoms with Crippen molar-refractivity contribution in [3.63, 3.8) is 0 Å². The molecule has 1 N–H and O–H groups in total.